The van der Waals surface area contributed by atoms with Crippen molar-refractivity contribution in [1.82, 2.24) is 0 Å². The number of rotatable bonds is 8. The fourth-order valence-electron chi connectivity index (χ4n) is 2.01. The lowest BCUT2D eigenvalue weighted by atomic mass is 10.1. The van der Waals surface area contributed by atoms with Crippen LogP contribution in [0.3, 0.4) is 0 Å². The Balaban J connectivity index is 2.95. The number of sulfone groups is 1. The number of unbranched alkanes of at least 4 members (excludes halogenated alkanes) is 2. The van der Waals surface area contributed by atoms with Crippen LogP contribution in [0.1, 0.15) is 44.6 Å². The van der Waals surface area contributed by atoms with Crippen molar-refractivity contribution < 1.29 is 8.42 Å². The zero-order valence-corrected chi connectivity index (χ0v) is 13.2. The van der Waals surface area contributed by atoms with Gasteiger partial charge in [-0.1, -0.05) is 49.1 Å². The summed E-state index contributed by atoms with van der Waals surface area (Å²) in [4.78, 5) is 0.361. The highest BCUT2D eigenvalue weighted by Crippen LogP contribution is 2.20. The van der Waals surface area contributed by atoms with Crippen LogP contribution >= 0.6 is 0 Å². The van der Waals surface area contributed by atoms with Crippen LogP contribution in [0.2, 0.25) is 0 Å². The largest absolute Gasteiger partial charge is 0.219 e. The van der Waals surface area contributed by atoms with E-state index < -0.39 is 9.84 Å². The maximum absolute atomic E-state index is 12.4. The molecule has 0 radical (unpaired) electrons. The van der Waals surface area contributed by atoms with E-state index in [9.17, 15) is 8.42 Å². The van der Waals surface area contributed by atoms with Crippen molar-refractivity contribution in [1.29, 1.82) is 0 Å². The van der Waals surface area contributed by atoms with Gasteiger partial charge < -0.3 is 0 Å². The average Bonchev–Trinajstić information content (AvgIpc) is 2.39. The molecule has 0 heterocycles. The Morgan fingerprint density at radius 3 is 2.40 bits per heavy atom. The molecule has 0 amide bonds. The van der Waals surface area contributed by atoms with Crippen LogP contribution in [0.5, 0.6) is 0 Å². The molecule has 0 aliphatic carbocycles. The molecule has 0 fully saturated rings. The molecule has 110 valence electrons. The second-order valence-electron chi connectivity index (χ2n) is 5.08. The van der Waals surface area contributed by atoms with Crippen LogP contribution in [0.4, 0.5) is 0 Å². The third-order valence-electron chi connectivity index (χ3n) is 3.18. The second-order valence-corrected chi connectivity index (χ2v) is 6.88. The Morgan fingerprint density at radius 1 is 1.20 bits per heavy atom. The normalized spacial score (nSPS) is 12.4. The Bertz CT molecular complexity index is 551. The van der Waals surface area contributed by atoms with Gasteiger partial charge in [-0.2, -0.15) is 0 Å². The first-order valence-corrected chi connectivity index (χ1v) is 8.66. The quantitative estimate of drug-likeness (QED) is 0.509. The summed E-state index contributed by atoms with van der Waals surface area (Å²) in [7, 11) is -3.35. The molecule has 0 unspecified atom stereocenters. The van der Waals surface area contributed by atoms with Crippen LogP contribution in [-0.4, -0.2) is 8.42 Å². The molecule has 2 nitrogen and oxygen atoms in total. The molecule has 20 heavy (non-hydrogen) atoms. The van der Waals surface area contributed by atoms with Crippen LogP contribution < -0.4 is 0 Å². The predicted octanol–water partition coefficient (Wildman–Crippen LogP) is 4.81. The van der Waals surface area contributed by atoms with Gasteiger partial charge >= 0.3 is 0 Å². The minimum absolute atomic E-state index is 0.361. The van der Waals surface area contributed by atoms with Crippen molar-refractivity contribution in [2.45, 2.75) is 50.8 Å². The Kier molecular flexibility index (Phi) is 6.73. The van der Waals surface area contributed by atoms with Gasteiger partial charge in [-0.15, -0.1) is 6.58 Å². The lowest BCUT2D eigenvalue weighted by Crippen LogP contribution is -1.99. The predicted molar refractivity (Wildman–Crippen MR) is 85.4 cm³/mol. The standard InChI is InChI=1S/C17H24O2S/c1-4-6-7-9-16(8-5-2)14-20(18,19)17-12-10-15(3)11-13-17/h5,10-14H,2,4,6-9H2,1,3H3/b16-14-. The average molecular weight is 292 g/mol. The van der Waals surface area contributed by atoms with Gasteiger partial charge in [-0.3, -0.25) is 0 Å². The monoisotopic (exact) mass is 292 g/mol. The number of benzene rings is 1. The molecule has 0 spiro atoms. The molecule has 0 N–H and O–H groups in total. The van der Waals surface area contributed by atoms with Gasteiger partial charge in [0.15, 0.2) is 9.84 Å². The Hall–Kier alpha value is -1.35. The molecule has 1 rings (SSSR count). The van der Waals surface area contributed by atoms with Crippen molar-refractivity contribution in [2.75, 3.05) is 0 Å². The molecule has 0 bridgehead atoms. The topological polar surface area (TPSA) is 34.1 Å². The van der Waals surface area contributed by atoms with E-state index in [1.54, 1.807) is 18.2 Å². The Morgan fingerprint density at radius 2 is 1.85 bits per heavy atom. The summed E-state index contributed by atoms with van der Waals surface area (Å²) < 4.78 is 24.7. The lowest BCUT2D eigenvalue weighted by molar-refractivity contribution is 0.603. The van der Waals surface area contributed by atoms with E-state index in [2.05, 4.69) is 13.5 Å². The van der Waals surface area contributed by atoms with Crippen molar-refractivity contribution in [3.63, 3.8) is 0 Å². The van der Waals surface area contributed by atoms with Crippen molar-refractivity contribution >= 4 is 9.84 Å². The first-order chi connectivity index (χ1) is 9.49. The van der Waals surface area contributed by atoms with Gasteiger partial charge in [0.05, 0.1) is 4.90 Å². The third kappa shape index (κ3) is 5.33. The summed E-state index contributed by atoms with van der Waals surface area (Å²) in [5, 5.41) is 1.43. The third-order valence-corrected chi connectivity index (χ3v) is 4.75. The van der Waals surface area contributed by atoms with Crippen LogP contribution in [0.15, 0.2) is 52.8 Å². The van der Waals surface area contributed by atoms with E-state index in [1.807, 2.05) is 19.1 Å². The minimum Gasteiger partial charge on any atom is -0.219 e. The van der Waals surface area contributed by atoms with E-state index in [1.165, 1.54) is 5.41 Å². The highest BCUT2D eigenvalue weighted by atomic mass is 32.2. The van der Waals surface area contributed by atoms with E-state index >= 15 is 0 Å². The van der Waals surface area contributed by atoms with Gasteiger partial charge in [-0.05, 0) is 38.3 Å². The van der Waals surface area contributed by atoms with Gasteiger partial charge in [0.25, 0.3) is 0 Å². The van der Waals surface area contributed by atoms with E-state index in [0.717, 1.165) is 36.8 Å². The van der Waals surface area contributed by atoms with Gasteiger partial charge in [0, 0.05) is 5.41 Å². The summed E-state index contributed by atoms with van der Waals surface area (Å²) in [6.07, 6.45) is 6.51. The fourth-order valence-corrected chi connectivity index (χ4v) is 3.32. The molecule has 1 aromatic rings. The number of aryl methyl sites for hydroxylation is 1. The molecule has 1 aromatic carbocycles. The fraction of sp³-hybridized carbons (Fsp3) is 0.412. The van der Waals surface area contributed by atoms with Gasteiger partial charge in [0.2, 0.25) is 0 Å². The molecule has 0 aromatic heterocycles. The Labute approximate surface area is 123 Å². The number of hydrogen-bond acceptors (Lipinski definition) is 2. The highest BCUT2D eigenvalue weighted by Gasteiger charge is 2.12. The smallest absolute Gasteiger partial charge is 0.199 e. The maximum atomic E-state index is 12.4. The molecular weight excluding hydrogens is 268 g/mol. The van der Waals surface area contributed by atoms with Crippen molar-refractivity contribution in [2.24, 2.45) is 0 Å². The minimum atomic E-state index is -3.35. The lowest BCUT2D eigenvalue weighted by Gasteiger charge is -2.06. The van der Waals surface area contributed by atoms with Gasteiger partial charge in [-0.25, -0.2) is 8.42 Å². The molecule has 3 heteroatoms. The second kappa shape index (κ2) is 8.05. The molecule has 0 saturated carbocycles. The molecule has 0 aliphatic heterocycles. The van der Waals surface area contributed by atoms with Crippen LogP contribution in [0, 0.1) is 6.92 Å². The molecular formula is C17H24O2S. The van der Waals surface area contributed by atoms with Crippen LogP contribution in [-0.2, 0) is 9.84 Å². The first-order valence-electron chi connectivity index (χ1n) is 7.11. The summed E-state index contributed by atoms with van der Waals surface area (Å²) >= 11 is 0. The molecule has 0 saturated heterocycles. The summed E-state index contributed by atoms with van der Waals surface area (Å²) in [6, 6.07) is 6.98. The molecule has 0 aliphatic rings. The highest BCUT2D eigenvalue weighted by molar-refractivity contribution is 7.94. The number of hydrogen-bond donors (Lipinski definition) is 0. The van der Waals surface area contributed by atoms with Crippen molar-refractivity contribution in [3.8, 4) is 0 Å². The first kappa shape index (κ1) is 16.7. The van der Waals surface area contributed by atoms with E-state index in [0.29, 0.717) is 11.3 Å². The summed E-state index contributed by atoms with van der Waals surface area (Å²) in [5.74, 6) is 0. The number of allylic oxidation sites excluding steroid dienone is 2. The van der Waals surface area contributed by atoms with Gasteiger partial charge in [0.1, 0.15) is 0 Å². The van der Waals surface area contributed by atoms with Crippen LogP contribution in [0.25, 0.3) is 0 Å². The van der Waals surface area contributed by atoms with E-state index in [-0.39, 0.29) is 0 Å². The zero-order chi connectivity index (χ0) is 15.0. The van der Waals surface area contributed by atoms with E-state index in [4.69, 9.17) is 0 Å². The summed E-state index contributed by atoms with van der Waals surface area (Å²) in [6.45, 7) is 7.79. The van der Waals surface area contributed by atoms with Crippen molar-refractivity contribution in [3.05, 3.63) is 53.5 Å². The summed E-state index contributed by atoms with van der Waals surface area (Å²) in [5.41, 5.74) is 2.00. The zero-order valence-electron chi connectivity index (χ0n) is 12.4. The molecule has 0 atom stereocenters. The maximum Gasteiger partial charge on any atom is 0.199 e. The SMILES string of the molecule is C=CC/C(=C/S(=O)(=O)c1ccc(C)cc1)CCCCC.